The molecule has 0 saturated carbocycles. The summed E-state index contributed by atoms with van der Waals surface area (Å²) in [5.74, 6) is -0.726. The van der Waals surface area contributed by atoms with Gasteiger partial charge < -0.3 is 9.84 Å². The topological polar surface area (TPSA) is 46.5 Å². The van der Waals surface area contributed by atoms with Gasteiger partial charge in [0.15, 0.2) is 0 Å². The third-order valence-corrected chi connectivity index (χ3v) is 2.26. The summed E-state index contributed by atoms with van der Waals surface area (Å²) < 4.78 is 5.35. The molecule has 0 aromatic heterocycles. The summed E-state index contributed by atoms with van der Waals surface area (Å²) in [6.45, 7) is 6.55. The molecule has 1 aromatic rings. The minimum atomic E-state index is -1.06. The molecule has 0 unspecified atom stereocenters. The van der Waals surface area contributed by atoms with Gasteiger partial charge in [-0.05, 0) is 18.6 Å². The van der Waals surface area contributed by atoms with Gasteiger partial charge in [0.25, 0.3) is 0 Å². The Balaban J connectivity index is 0.00000121. The van der Waals surface area contributed by atoms with Gasteiger partial charge in [-0.3, -0.25) is 0 Å². The molecule has 1 N–H and O–H groups in total. The second-order valence-electron chi connectivity index (χ2n) is 3.12. The van der Waals surface area contributed by atoms with Crippen molar-refractivity contribution in [3.05, 3.63) is 28.8 Å². The molecular weight excluding hydrogens is 240 g/mol. The van der Waals surface area contributed by atoms with Crippen LogP contribution in [0.15, 0.2) is 18.2 Å². The maximum absolute atomic E-state index is 10.9. The Bertz CT molecular complexity index is 351. The van der Waals surface area contributed by atoms with Gasteiger partial charge in [0.1, 0.15) is 11.3 Å². The average Bonchev–Trinajstić information content (AvgIpc) is 2.31. The number of benzene rings is 1. The Morgan fingerprint density at radius 2 is 2.06 bits per heavy atom. The Morgan fingerprint density at radius 3 is 2.59 bits per heavy atom. The molecular formula is C13H19ClO3. The van der Waals surface area contributed by atoms with Crippen molar-refractivity contribution in [2.45, 2.75) is 33.6 Å². The standard InChI is InChI=1S/C11H13ClO3.C2H6/c1-2-3-7-15-9-6-4-5-8(12)10(9)11(13)14;1-2/h4-6H,2-3,7H2,1H3,(H,13,14);1-2H3. The van der Waals surface area contributed by atoms with E-state index in [1.807, 2.05) is 20.8 Å². The molecule has 0 aliphatic rings. The Morgan fingerprint density at radius 1 is 1.41 bits per heavy atom. The van der Waals surface area contributed by atoms with Crippen LogP contribution in [0.5, 0.6) is 5.75 Å². The van der Waals surface area contributed by atoms with Gasteiger partial charge in [-0.15, -0.1) is 0 Å². The first-order valence-electron chi connectivity index (χ1n) is 5.81. The number of aromatic carboxylic acids is 1. The number of hydrogen-bond acceptors (Lipinski definition) is 2. The lowest BCUT2D eigenvalue weighted by molar-refractivity contribution is 0.0692. The number of hydrogen-bond donors (Lipinski definition) is 1. The Hall–Kier alpha value is -1.22. The van der Waals surface area contributed by atoms with Crippen LogP contribution in [0, 0.1) is 0 Å². The fourth-order valence-corrected chi connectivity index (χ4v) is 1.41. The van der Waals surface area contributed by atoms with Gasteiger partial charge in [-0.2, -0.15) is 0 Å². The van der Waals surface area contributed by atoms with Crippen LogP contribution in [0.1, 0.15) is 44.0 Å². The third kappa shape index (κ3) is 5.09. The fourth-order valence-electron chi connectivity index (χ4n) is 1.16. The normalized spacial score (nSPS) is 9.18. The van der Waals surface area contributed by atoms with Gasteiger partial charge in [0.05, 0.1) is 11.6 Å². The summed E-state index contributed by atoms with van der Waals surface area (Å²) in [6, 6.07) is 4.83. The molecule has 0 radical (unpaired) electrons. The molecule has 17 heavy (non-hydrogen) atoms. The van der Waals surface area contributed by atoms with E-state index in [1.165, 1.54) is 6.07 Å². The Labute approximate surface area is 107 Å². The van der Waals surface area contributed by atoms with Crippen LogP contribution in [-0.2, 0) is 0 Å². The molecule has 0 atom stereocenters. The van der Waals surface area contributed by atoms with E-state index in [9.17, 15) is 4.79 Å². The van der Waals surface area contributed by atoms with Crippen LogP contribution in [0.3, 0.4) is 0 Å². The number of rotatable bonds is 5. The summed E-state index contributed by atoms with van der Waals surface area (Å²) in [7, 11) is 0. The fraction of sp³-hybridized carbons (Fsp3) is 0.462. The predicted octanol–water partition coefficient (Wildman–Crippen LogP) is 4.24. The van der Waals surface area contributed by atoms with E-state index in [4.69, 9.17) is 21.4 Å². The number of unbranched alkanes of at least 4 members (excludes halogenated alkanes) is 1. The molecule has 0 heterocycles. The zero-order chi connectivity index (χ0) is 13.3. The largest absolute Gasteiger partial charge is 0.493 e. The van der Waals surface area contributed by atoms with E-state index in [1.54, 1.807) is 12.1 Å². The number of carboxylic acid groups (broad SMARTS) is 1. The first-order chi connectivity index (χ1) is 8.16. The monoisotopic (exact) mass is 258 g/mol. The number of carbonyl (C=O) groups is 1. The van der Waals surface area contributed by atoms with E-state index in [0.29, 0.717) is 12.4 Å². The van der Waals surface area contributed by atoms with Gasteiger partial charge >= 0.3 is 5.97 Å². The number of carboxylic acids is 1. The highest BCUT2D eigenvalue weighted by molar-refractivity contribution is 6.33. The lowest BCUT2D eigenvalue weighted by Gasteiger charge is -2.09. The molecule has 1 rings (SSSR count). The van der Waals surface area contributed by atoms with Crippen LogP contribution < -0.4 is 4.74 Å². The van der Waals surface area contributed by atoms with E-state index in [-0.39, 0.29) is 10.6 Å². The van der Waals surface area contributed by atoms with E-state index in [2.05, 4.69) is 0 Å². The van der Waals surface area contributed by atoms with Crippen molar-refractivity contribution >= 4 is 17.6 Å². The van der Waals surface area contributed by atoms with Crippen LogP contribution in [0.4, 0.5) is 0 Å². The van der Waals surface area contributed by atoms with Crippen LogP contribution >= 0.6 is 11.6 Å². The van der Waals surface area contributed by atoms with Crippen molar-refractivity contribution in [2.24, 2.45) is 0 Å². The quantitative estimate of drug-likeness (QED) is 0.804. The molecule has 0 fully saturated rings. The number of halogens is 1. The highest BCUT2D eigenvalue weighted by Crippen LogP contribution is 2.26. The molecule has 0 aliphatic carbocycles. The molecule has 4 heteroatoms. The summed E-state index contributed by atoms with van der Waals surface area (Å²) >= 11 is 5.78. The second-order valence-corrected chi connectivity index (χ2v) is 3.53. The van der Waals surface area contributed by atoms with Crippen molar-refractivity contribution in [1.29, 1.82) is 0 Å². The van der Waals surface area contributed by atoms with Gasteiger partial charge in [-0.1, -0.05) is 44.9 Å². The van der Waals surface area contributed by atoms with Gasteiger partial charge in [0.2, 0.25) is 0 Å². The molecule has 1 aromatic carbocycles. The maximum Gasteiger partial charge on any atom is 0.341 e. The van der Waals surface area contributed by atoms with Crippen LogP contribution in [0.2, 0.25) is 5.02 Å². The van der Waals surface area contributed by atoms with Gasteiger partial charge in [0, 0.05) is 0 Å². The highest BCUT2D eigenvalue weighted by atomic mass is 35.5. The van der Waals surface area contributed by atoms with Crippen molar-refractivity contribution in [1.82, 2.24) is 0 Å². The number of ether oxygens (including phenoxy) is 1. The maximum atomic E-state index is 10.9. The summed E-state index contributed by atoms with van der Waals surface area (Å²) in [5.41, 5.74) is 0.0373. The highest BCUT2D eigenvalue weighted by Gasteiger charge is 2.14. The zero-order valence-electron chi connectivity index (χ0n) is 10.5. The smallest absolute Gasteiger partial charge is 0.341 e. The van der Waals surface area contributed by atoms with Gasteiger partial charge in [-0.25, -0.2) is 4.79 Å². The van der Waals surface area contributed by atoms with Crippen molar-refractivity contribution < 1.29 is 14.6 Å². The SMILES string of the molecule is CC.CCCCOc1cccc(Cl)c1C(=O)O. The molecule has 96 valence electrons. The predicted molar refractivity (Wildman–Crippen MR) is 70.2 cm³/mol. The van der Waals surface area contributed by atoms with E-state index >= 15 is 0 Å². The minimum absolute atomic E-state index is 0.0373. The second kappa shape index (κ2) is 8.88. The molecule has 0 bridgehead atoms. The minimum Gasteiger partial charge on any atom is -0.493 e. The first kappa shape index (κ1) is 15.8. The van der Waals surface area contributed by atoms with Crippen molar-refractivity contribution in [3.63, 3.8) is 0 Å². The lowest BCUT2D eigenvalue weighted by atomic mass is 10.2. The van der Waals surface area contributed by atoms with Crippen molar-refractivity contribution in [3.8, 4) is 5.75 Å². The molecule has 0 amide bonds. The molecule has 0 aliphatic heterocycles. The van der Waals surface area contributed by atoms with Crippen LogP contribution in [0.25, 0.3) is 0 Å². The molecule has 3 nitrogen and oxygen atoms in total. The summed E-state index contributed by atoms with van der Waals surface area (Å²) in [4.78, 5) is 10.9. The van der Waals surface area contributed by atoms with Crippen LogP contribution in [-0.4, -0.2) is 17.7 Å². The zero-order valence-corrected chi connectivity index (χ0v) is 11.3. The summed E-state index contributed by atoms with van der Waals surface area (Å²) in [6.07, 6.45) is 1.90. The molecule has 0 saturated heterocycles. The van der Waals surface area contributed by atoms with Crippen molar-refractivity contribution in [2.75, 3.05) is 6.61 Å². The first-order valence-corrected chi connectivity index (χ1v) is 6.19. The molecule has 0 spiro atoms. The summed E-state index contributed by atoms with van der Waals surface area (Å²) in [5, 5.41) is 9.14. The van der Waals surface area contributed by atoms with E-state index in [0.717, 1.165) is 12.8 Å². The third-order valence-electron chi connectivity index (χ3n) is 1.94. The Kier molecular flexibility index (Phi) is 8.24. The lowest BCUT2D eigenvalue weighted by Crippen LogP contribution is -2.04. The van der Waals surface area contributed by atoms with E-state index < -0.39 is 5.97 Å². The average molecular weight is 259 g/mol.